The molecule has 3 aromatic rings. The fourth-order valence-electron chi connectivity index (χ4n) is 3.91. The van der Waals surface area contributed by atoms with Crippen molar-refractivity contribution in [1.29, 1.82) is 0 Å². The summed E-state index contributed by atoms with van der Waals surface area (Å²) in [6.07, 6.45) is 0. The molecule has 0 bridgehead atoms. The Hall–Kier alpha value is -4.20. The van der Waals surface area contributed by atoms with Crippen LogP contribution in [0, 0.1) is 12.7 Å². The van der Waals surface area contributed by atoms with Crippen LogP contribution in [0.15, 0.2) is 66.7 Å². The zero-order valence-corrected chi connectivity index (χ0v) is 19.6. The number of benzene rings is 3. The second kappa shape index (κ2) is 10.4. The number of hydrogen-bond acceptors (Lipinski definition) is 4. The molecule has 0 aromatic heterocycles. The van der Waals surface area contributed by atoms with E-state index in [2.05, 4.69) is 5.32 Å². The molecule has 1 aliphatic rings. The molecule has 8 heteroatoms. The third-order valence-corrected chi connectivity index (χ3v) is 6.03. The summed E-state index contributed by atoms with van der Waals surface area (Å²) in [5.41, 5.74) is 1.99. The van der Waals surface area contributed by atoms with Gasteiger partial charge in [0.1, 0.15) is 11.6 Å². The van der Waals surface area contributed by atoms with Crippen molar-refractivity contribution >= 4 is 23.4 Å². The number of para-hydroxylation sites is 1. The number of carbonyl (C=O) groups is 3. The van der Waals surface area contributed by atoms with Crippen LogP contribution in [0.2, 0.25) is 0 Å². The number of carbonyl (C=O) groups excluding carboxylic acids is 3. The molecule has 1 heterocycles. The van der Waals surface area contributed by atoms with Gasteiger partial charge >= 0.3 is 0 Å². The summed E-state index contributed by atoms with van der Waals surface area (Å²) in [4.78, 5) is 42.0. The van der Waals surface area contributed by atoms with Gasteiger partial charge in [-0.15, -0.1) is 0 Å². The lowest BCUT2D eigenvalue weighted by atomic mass is 10.1. The summed E-state index contributed by atoms with van der Waals surface area (Å²) in [7, 11) is 1.55. The molecule has 1 aliphatic heterocycles. The van der Waals surface area contributed by atoms with Crippen LogP contribution in [0.1, 0.15) is 36.6 Å². The predicted octanol–water partition coefficient (Wildman–Crippen LogP) is 3.99. The Morgan fingerprint density at radius 2 is 1.43 bits per heavy atom. The van der Waals surface area contributed by atoms with Gasteiger partial charge in [-0.2, -0.15) is 0 Å². The van der Waals surface area contributed by atoms with Crippen molar-refractivity contribution in [3.05, 3.63) is 94.8 Å². The molecular formula is C27H26FN3O4. The number of hydrogen-bond donors (Lipinski definition) is 1. The summed E-state index contributed by atoms with van der Waals surface area (Å²) in [5, 5.41) is 2.82. The Labute approximate surface area is 203 Å². The lowest BCUT2D eigenvalue weighted by Gasteiger charge is -2.35. The number of anilines is 1. The topological polar surface area (TPSA) is 79.0 Å². The Kier molecular flexibility index (Phi) is 7.10. The van der Waals surface area contributed by atoms with Crippen molar-refractivity contribution < 1.29 is 23.5 Å². The zero-order chi connectivity index (χ0) is 24.9. The van der Waals surface area contributed by atoms with Gasteiger partial charge in [0.2, 0.25) is 0 Å². The van der Waals surface area contributed by atoms with Crippen LogP contribution in [0.4, 0.5) is 10.1 Å². The zero-order valence-electron chi connectivity index (χ0n) is 19.6. The molecule has 3 aromatic carbocycles. The fourth-order valence-corrected chi connectivity index (χ4v) is 3.91. The lowest BCUT2D eigenvalue weighted by Crippen LogP contribution is -2.50. The number of methoxy groups -OCH3 is 1. The molecule has 35 heavy (non-hydrogen) atoms. The fraction of sp³-hybridized carbons (Fsp3) is 0.222. The maximum atomic E-state index is 13.9. The molecule has 7 nitrogen and oxygen atoms in total. The normalized spacial score (nSPS) is 13.3. The first-order chi connectivity index (χ1) is 16.9. The van der Waals surface area contributed by atoms with Gasteiger partial charge < -0.3 is 19.9 Å². The number of aryl methyl sites for hydroxylation is 1. The smallest absolute Gasteiger partial charge is 0.256 e. The van der Waals surface area contributed by atoms with E-state index >= 15 is 0 Å². The Balaban J connectivity index is 1.41. The molecule has 0 atom stereocenters. The Morgan fingerprint density at radius 1 is 0.829 bits per heavy atom. The minimum absolute atomic E-state index is 0.232. The molecule has 4 rings (SSSR count). The van der Waals surface area contributed by atoms with E-state index in [-0.39, 0.29) is 17.7 Å². The first-order valence-corrected chi connectivity index (χ1v) is 11.3. The third kappa shape index (κ3) is 5.32. The summed E-state index contributed by atoms with van der Waals surface area (Å²) in [5.74, 6) is -0.610. The minimum atomic E-state index is -0.419. The number of ether oxygens (including phenoxy) is 1. The van der Waals surface area contributed by atoms with Crippen molar-refractivity contribution in [2.45, 2.75) is 6.92 Å². The van der Waals surface area contributed by atoms with Crippen molar-refractivity contribution in [3.63, 3.8) is 0 Å². The number of nitrogens with zero attached hydrogens (tertiary/aromatic N) is 2. The van der Waals surface area contributed by atoms with Crippen LogP contribution in [0.25, 0.3) is 0 Å². The third-order valence-electron chi connectivity index (χ3n) is 6.03. The van der Waals surface area contributed by atoms with Gasteiger partial charge in [-0.3, -0.25) is 14.4 Å². The second-order valence-electron chi connectivity index (χ2n) is 8.28. The van der Waals surface area contributed by atoms with Crippen LogP contribution in [0.5, 0.6) is 5.75 Å². The highest BCUT2D eigenvalue weighted by Gasteiger charge is 2.27. The number of piperazine rings is 1. The molecule has 0 aliphatic carbocycles. The van der Waals surface area contributed by atoms with Crippen LogP contribution in [0.3, 0.4) is 0 Å². The van der Waals surface area contributed by atoms with Crippen LogP contribution >= 0.6 is 0 Å². The standard InChI is InChI=1S/C27H26FN3O4/c1-18-7-8-20(17-23(18)28)26(33)30-13-15-31(16-14-30)27(34)22-5-3-4-6-24(22)29-25(32)19-9-11-21(35-2)12-10-19/h3-12,17H,13-16H2,1-2H3,(H,29,32). The number of amides is 3. The van der Waals surface area contributed by atoms with Gasteiger partial charge in [0.25, 0.3) is 17.7 Å². The average molecular weight is 476 g/mol. The molecule has 0 unspecified atom stereocenters. The molecule has 1 saturated heterocycles. The van der Waals surface area contributed by atoms with Gasteiger partial charge in [0.05, 0.1) is 18.4 Å². The number of nitrogens with one attached hydrogen (secondary N) is 1. The summed E-state index contributed by atoms with van der Waals surface area (Å²) in [6, 6.07) is 18.0. The monoisotopic (exact) mass is 475 g/mol. The van der Waals surface area contributed by atoms with E-state index in [1.165, 1.54) is 6.07 Å². The molecule has 3 amide bonds. The van der Waals surface area contributed by atoms with E-state index in [4.69, 9.17) is 4.74 Å². The van der Waals surface area contributed by atoms with Gasteiger partial charge in [-0.05, 0) is 61.0 Å². The van der Waals surface area contributed by atoms with E-state index in [0.29, 0.717) is 59.9 Å². The average Bonchev–Trinajstić information content (AvgIpc) is 2.90. The molecule has 0 saturated carbocycles. The van der Waals surface area contributed by atoms with E-state index in [0.717, 1.165) is 0 Å². The highest BCUT2D eigenvalue weighted by Crippen LogP contribution is 2.21. The predicted molar refractivity (Wildman–Crippen MR) is 130 cm³/mol. The van der Waals surface area contributed by atoms with Crippen LogP contribution < -0.4 is 10.1 Å². The molecule has 0 radical (unpaired) electrons. The first kappa shape index (κ1) is 23.9. The van der Waals surface area contributed by atoms with Gasteiger partial charge in [0, 0.05) is 37.3 Å². The highest BCUT2D eigenvalue weighted by atomic mass is 19.1. The highest BCUT2D eigenvalue weighted by molar-refractivity contribution is 6.09. The van der Waals surface area contributed by atoms with Crippen LogP contribution in [-0.2, 0) is 0 Å². The SMILES string of the molecule is COc1ccc(C(=O)Nc2ccccc2C(=O)N2CCN(C(=O)c3ccc(C)c(F)c3)CC2)cc1. The van der Waals surface area contributed by atoms with Gasteiger partial charge in [0.15, 0.2) is 0 Å². The van der Waals surface area contributed by atoms with E-state index in [1.807, 2.05) is 0 Å². The van der Waals surface area contributed by atoms with Crippen molar-refractivity contribution in [1.82, 2.24) is 9.80 Å². The molecule has 0 spiro atoms. The Morgan fingerprint density at radius 3 is 2.06 bits per heavy atom. The number of rotatable bonds is 5. The van der Waals surface area contributed by atoms with Gasteiger partial charge in [-0.25, -0.2) is 4.39 Å². The lowest BCUT2D eigenvalue weighted by molar-refractivity contribution is 0.0535. The largest absolute Gasteiger partial charge is 0.497 e. The van der Waals surface area contributed by atoms with Gasteiger partial charge in [-0.1, -0.05) is 18.2 Å². The molecular weight excluding hydrogens is 449 g/mol. The Bertz CT molecular complexity index is 1250. The quantitative estimate of drug-likeness (QED) is 0.605. The number of halogens is 1. The summed E-state index contributed by atoms with van der Waals surface area (Å²) >= 11 is 0. The van der Waals surface area contributed by atoms with E-state index < -0.39 is 5.82 Å². The van der Waals surface area contributed by atoms with Crippen LogP contribution in [-0.4, -0.2) is 60.8 Å². The summed E-state index contributed by atoms with van der Waals surface area (Å²) < 4.78 is 19.0. The molecule has 1 fully saturated rings. The van der Waals surface area contributed by atoms with Crippen molar-refractivity contribution in [3.8, 4) is 5.75 Å². The second-order valence-corrected chi connectivity index (χ2v) is 8.28. The summed E-state index contributed by atoms with van der Waals surface area (Å²) in [6.45, 7) is 2.98. The molecule has 180 valence electrons. The van der Waals surface area contributed by atoms with Crippen molar-refractivity contribution in [2.24, 2.45) is 0 Å². The van der Waals surface area contributed by atoms with Crippen molar-refractivity contribution in [2.75, 3.05) is 38.6 Å². The van der Waals surface area contributed by atoms with E-state index in [1.54, 1.807) is 84.5 Å². The minimum Gasteiger partial charge on any atom is -0.497 e. The first-order valence-electron chi connectivity index (χ1n) is 11.3. The maximum absolute atomic E-state index is 13.9. The maximum Gasteiger partial charge on any atom is 0.256 e. The van der Waals surface area contributed by atoms with E-state index in [9.17, 15) is 18.8 Å². The molecule has 1 N–H and O–H groups in total.